The number of ketones is 1. The lowest BCUT2D eigenvalue weighted by molar-refractivity contribution is -0.174. The van der Waals surface area contributed by atoms with Crippen LogP contribution in [0.1, 0.15) is 106 Å². The highest BCUT2D eigenvalue weighted by atomic mass is 16.3. The number of likely N-dealkylation sites (tertiary alicyclic amines) is 1. The fourth-order valence-corrected chi connectivity index (χ4v) is 11.1. The van der Waals surface area contributed by atoms with Gasteiger partial charge in [-0.1, -0.05) is 52.3 Å². The number of nitrogens with zero attached hydrogens (tertiary/aromatic N) is 3. The normalized spacial score (nSPS) is 40.8. The zero-order valence-electron chi connectivity index (χ0n) is 29.9. The first kappa shape index (κ1) is 33.2. The average Bonchev–Trinajstić information content (AvgIpc) is 3.04. The topological polar surface area (TPSA) is 81.2 Å². The first-order valence-corrected chi connectivity index (χ1v) is 17.8. The summed E-state index contributed by atoms with van der Waals surface area (Å²) in [7, 11) is 3.68. The van der Waals surface area contributed by atoms with Crippen molar-refractivity contribution in [2.45, 2.75) is 118 Å². The number of hydrogen-bond acceptors (Lipinski definition) is 5. The Hall–Kier alpha value is -2.67. The van der Waals surface area contributed by atoms with Gasteiger partial charge in [0.2, 0.25) is 5.78 Å². The van der Waals surface area contributed by atoms with E-state index in [1.165, 1.54) is 5.57 Å². The molecule has 1 N–H and O–H groups in total. The van der Waals surface area contributed by atoms with E-state index >= 15 is 0 Å². The Kier molecular flexibility index (Phi) is 7.90. The maximum absolute atomic E-state index is 13.9. The van der Waals surface area contributed by atoms with Crippen molar-refractivity contribution in [1.82, 2.24) is 14.7 Å². The lowest BCUT2D eigenvalue weighted by atomic mass is 9.35. The zero-order valence-corrected chi connectivity index (χ0v) is 29.9. The molecule has 7 atom stereocenters. The quantitative estimate of drug-likeness (QED) is 0.348. The SMILES string of the molecule is CCN1CCC[C@H](N(C)C(=O)C(=O)N(C)[C@]2(C)CC[C@]3(C)CC[C@]4(C)C5=CC=C6C(=CC(=O)C(O)=C6C)[C@]5(C)CC[C@@]4(C)C3C2)C1. The predicted molar refractivity (Wildman–Crippen MR) is 182 cm³/mol. The number of rotatable bonds is 3. The highest BCUT2D eigenvalue weighted by molar-refractivity contribution is 6.35. The highest BCUT2D eigenvalue weighted by Crippen LogP contribution is 2.75. The number of likely N-dealkylation sites (N-methyl/N-ethyl adjacent to an activating group) is 3. The lowest BCUT2D eigenvalue weighted by Crippen LogP contribution is -2.65. The molecule has 7 nitrogen and oxygen atoms in total. The molecule has 7 heteroatoms. The van der Waals surface area contributed by atoms with E-state index in [9.17, 15) is 19.5 Å². The monoisotopic (exact) mass is 631 g/mol. The third-order valence-corrected chi connectivity index (χ3v) is 14.9. The van der Waals surface area contributed by atoms with Gasteiger partial charge in [0.25, 0.3) is 0 Å². The molecule has 0 radical (unpaired) electrons. The molecule has 6 aliphatic rings. The molecule has 46 heavy (non-hydrogen) atoms. The van der Waals surface area contributed by atoms with E-state index in [0.717, 1.165) is 88.6 Å². The van der Waals surface area contributed by atoms with Crippen LogP contribution in [0, 0.1) is 27.6 Å². The van der Waals surface area contributed by atoms with Gasteiger partial charge in [-0.2, -0.15) is 0 Å². The van der Waals surface area contributed by atoms with Crippen molar-refractivity contribution in [2.24, 2.45) is 27.6 Å². The Morgan fingerprint density at radius 1 is 0.978 bits per heavy atom. The van der Waals surface area contributed by atoms with Gasteiger partial charge in [0, 0.05) is 43.2 Å². The maximum atomic E-state index is 13.9. The van der Waals surface area contributed by atoms with Gasteiger partial charge in [-0.25, -0.2) is 0 Å². The Bertz CT molecular complexity index is 1490. The minimum Gasteiger partial charge on any atom is -0.504 e. The standard InChI is InChI=1S/C39H57N3O4/c1-10-42-21-11-12-26(24-42)40(8)33(45)34(46)41(9)36(4)17-15-35(3)16-19-38(6)30-14-13-27-25(2)32(44)29(43)22-28(27)37(30,5)18-20-39(38,7)31(35)23-36/h13-14,22,26,31,44H,10-12,15-21,23-24H2,1-9H3/t26-,31?,35+,36+,37-,38+,39-/m0/s1. The molecule has 4 fully saturated rings. The second-order valence-electron chi connectivity index (χ2n) is 17.0. The van der Waals surface area contributed by atoms with Gasteiger partial charge in [0.15, 0.2) is 5.76 Å². The fourth-order valence-electron chi connectivity index (χ4n) is 11.1. The van der Waals surface area contributed by atoms with Crippen LogP contribution in [-0.2, 0) is 14.4 Å². The van der Waals surface area contributed by atoms with Crippen molar-refractivity contribution in [2.75, 3.05) is 33.7 Å². The molecule has 252 valence electrons. The molecule has 1 heterocycles. The van der Waals surface area contributed by atoms with Crippen LogP contribution in [0.4, 0.5) is 0 Å². The van der Waals surface area contributed by atoms with Crippen LogP contribution in [0.3, 0.4) is 0 Å². The summed E-state index contributed by atoms with van der Waals surface area (Å²) >= 11 is 0. The molecule has 0 aromatic heterocycles. The van der Waals surface area contributed by atoms with Gasteiger partial charge in [0.05, 0.1) is 0 Å². The van der Waals surface area contributed by atoms with Crippen molar-refractivity contribution in [3.63, 3.8) is 0 Å². The molecule has 2 amide bonds. The number of carbonyl (C=O) groups is 3. The second kappa shape index (κ2) is 10.9. The number of hydrogen-bond donors (Lipinski definition) is 1. The molecule has 5 aliphatic carbocycles. The molecule has 0 spiro atoms. The van der Waals surface area contributed by atoms with Gasteiger partial charge in [-0.3, -0.25) is 14.4 Å². The van der Waals surface area contributed by atoms with E-state index in [4.69, 9.17) is 0 Å². The first-order valence-electron chi connectivity index (χ1n) is 17.8. The maximum Gasteiger partial charge on any atom is 0.312 e. The van der Waals surface area contributed by atoms with Gasteiger partial charge < -0.3 is 19.8 Å². The largest absolute Gasteiger partial charge is 0.504 e. The number of piperidine rings is 1. The van der Waals surface area contributed by atoms with Gasteiger partial charge in [-0.05, 0) is 124 Å². The fraction of sp³-hybridized carbons (Fsp3) is 0.718. The third-order valence-electron chi connectivity index (χ3n) is 14.9. The van der Waals surface area contributed by atoms with E-state index in [0.29, 0.717) is 11.5 Å². The summed E-state index contributed by atoms with van der Waals surface area (Å²) in [6.45, 7) is 18.8. The van der Waals surface area contributed by atoms with Crippen molar-refractivity contribution in [3.05, 3.63) is 46.3 Å². The first-order chi connectivity index (χ1) is 21.5. The Balaban J connectivity index is 1.29. The molecule has 0 bridgehead atoms. The van der Waals surface area contributed by atoms with Gasteiger partial charge >= 0.3 is 11.8 Å². The summed E-state index contributed by atoms with van der Waals surface area (Å²) in [6, 6.07) is 0.0756. The summed E-state index contributed by atoms with van der Waals surface area (Å²) in [4.78, 5) is 46.4. The zero-order chi connectivity index (χ0) is 33.6. The summed E-state index contributed by atoms with van der Waals surface area (Å²) in [5.41, 5.74) is 3.53. The number of allylic oxidation sites excluding steroid dienone is 7. The van der Waals surface area contributed by atoms with Crippen LogP contribution < -0.4 is 0 Å². The molecule has 0 aromatic carbocycles. The molecule has 3 saturated carbocycles. The van der Waals surface area contributed by atoms with E-state index in [-0.39, 0.29) is 51.1 Å². The van der Waals surface area contributed by atoms with Crippen LogP contribution in [0.25, 0.3) is 0 Å². The number of amides is 2. The Labute approximate surface area is 276 Å². The van der Waals surface area contributed by atoms with E-state index < -0.39 is 5.54 Å². The van der Waals surface area contributed by atoms with Crippen molar-refractivity contribution in [1.29, 1.82) is 0 Å². The molecule has 1 unspecified atom stereocenters. The molecular formula is C39H57N3O4. The Morgan fingerprint density at radius 3 is 2.37 bits per heavy atom. The number of aliphatic hydroxyl groups excluding tert-OH is 1. The molecule has 1 saturated heterocycles. The van der Waals surface area contributed by atoms with Crippen molar-refractivity contribution in [3.8, 4) is 0 Å². The molecular weight excluding hydrogens is 574 g/mol. The van der Waals surface area contributed by atoms with Crippen LogP contribution in [-0.4, -0.2) is 82.7 Å². The smallest absolute Gasteiger partial charge is 0.312 e. The second-order valence-corrected chi connectivity index (χ2v) is 17.0. The molecule has 0 aromatic rings. The highest BCUT2D eigenvalue weighted by Gasteiger charge is 2.67. The van der Waals surface area contributed by atoms with Crippen molar-refractivity contribution >= 4 is 17.6 Å². The lowest BCUT2D eigenvalue weighted by Gasteiger charge is -2.70. The summed E-state index contributed by atoms with van der Waals surface area (Å²) in [5.74, 6) is -0.809. The minimum absolute atomic E-state index is 0.0129. The summed E-state index contributed by atoms with van der Waals surface area (Å²) in [6.07, 6.45) is 15.1. The van der Waals surface area contributed by atoms with Crippen LogP contribution in [0.2, 0.25) is 0 Å². The van der Waals surface area contributed by atoms with Crippen LogP contribution in [0.15, 0.2) is 46.3 Å². The number of aliphatic hydroxyl groups is 1. The minimum atomic E-state index is -0.409. The van der Waals surface area contributed by atoms with Crippen LogP contribution in [0.5, 0.6) is 0 Å². The predicted octanol–water partition coefficient (Wildman–Crippen LogP) is 6.77. The molecule has 1 aliphatic heterocycles. The van der Waals surface area contributed by atoms with E-state index in [1.54, 1.807) is 11.0 Å². The average molecular weight is 632 g/mol. The van der Waals surface area contributed by atoms with Crippen molar-refractivity contribution < 1.29 is 19.5 Å². The third kappa shape index (κ3) is 4.57. The number of carbonyl (C=O) groups excluding carboxylic acids is 3. The van der Waals surface area contributed by atoms with Gasteiger partial charge in [0.1, 0.15) is 0 Å². The summed E-state index contributed by atoms with van der Waals surface area (Å²) in [5, 5.41) is 10.5. The number of fused-ring (bicyclic) bond motifs is 7. The van der Waals surface area contributed by atoms with E-state index in [2.05, 4.69) is 58.6 Å². The summed E-state index contributed by atoms with van der Waals surface area (Å²) < 4.78 is 0. The van der Waals surface area contributed by atoms with E-state index in [1.807, 2.05) is 25.9 Å². The van der Waals surface area contributed by atoms with Gasteiger partial charge in [-0.15, -0.1) is 0 Å². The van der Waals surface area contributed by atoms with Crippen LogP contribution >= 0.6 is 0 Å². The molecule has 6 rings (SSSR count). The Morgan fingerprint density at radius 2 is 1.67 bits per heavy atom.